The van der Waals surface area contributed by atoms with E-state index in [1.807, 2.05) is 29.2 Å². The Morgan fingerprint density at radius 3 is 2.72 bits per heavy atom. The number of likely N-dealkylation sites (tertiary alicyclic amines) is 1. The van der Waals surface area contributed by atoms with Gasteiger partial charge >= 0.3 is 0 Å². The topological polar surface area (TPSA) is 77.7 Å². The van der Waals surface area contributed by atoms with Gasteiger partial charge in [-0.1, -0.05) is 12.1 Å². The minimum absolute atomic E-state index is 0.219. The van der Waals surface area contributed by atoms with Gasteiger partial charge in [0.25, 0.3) is 0 Å². The number of hydrogen-bond acceptors (Lipinski definition) is 5. The van der Waals surface area contributed by atoms with Gasteiger partial charge in [-0.2, -0.15) is 0 Å². The molecule has 6 heteroatoms. The van der Waals surface area contributed by atoms with Crippen LogP contribution in [-0.2, 0) is 16.0 Å². The Morgan fingerprint density at radius 2 is 2.04 bits per heavy atom. The van der Waals surface area contributed by atoms with E-state index in [0.29, 0.717) is 37.1 Å². The molecule has 6 nitrogen and oxygen atoms in total. The number of nitrogens with zero attached hydrogens (tertiary/aromatic N) is 2. The number of aromatic nitrogens is 1. The molecule has 1 aliphatic rings. The van der Waals surface area contributed by atoms with E-state index < -0.39 is 0 Å². The third kappa shape index (κ3) is 4.70. The fraction of sp³-hybridized carbons (Fsp3) is 0.368. The van der Waals surface area contributed by atoms with Crippen molar-refractivity contribution in [2.24, 2.45) is 5.92 Å². The van der Waals surface area contributed by atoms with Crippen LogP contribution in [0.15, 0.2) is 42.6 Å². The fourth-order valence-electron chi connectivity index (χ4n) is 3.01. The van der Waals surface area contributed by atoms with Gasteiger partial charge in [0.15, 0.2) is 0 Å². The van der Waals surface area contributed by atoms with Crippen molar-refractivity contribution in [3.8, 4) is 11.6 Å². The number of carbonyl (C=O) groups is 1. The molecule has 1 atom stereocenters. The van der Waals surface area contributed by atoms with Crippen LogP contribution in [-0.4, -0.2) is 42.6 Å². The molecular formula is C19H23N3O3. The molecule has 0 spiro atoms. The molecule has 2 aromatic rings. The van der Waals surface area contributed by atoms with Crippen LogP contribution in [0.2, 0.25) is 0 Å². The summed E-state index contributed by atoms with van der Waals surface area (Å²) < 4.78 is 10.7. The Morgan fingerprint density at radius 1 is 1.24 bits per heavy atom. The lowest BCUT2D eigenvalue weighted by Crippen LogP contribution is -2.28. The predicted molar refractivity (Wildman–Crippen MR) is 95.4 cm³/mol. The lowest BCUT2D eigenvalue weighted by atomic mass is 9.98. The Hall–Kier alpha value is -2.60. The minimum Gasteiger partial charge on any atom is -0.439 e. The second kappa shape index (κ2) is 7.98. The van der Waals surface area contributed by atoms with Gasteiger partial charge in [0.1, 0.15) is 5.75 Å². The molecule has 1 aliphatic heterocycles. The molecule has 25 heavy (non-hydrogen) atoms. The molecule has 0 bridgehead atoms. The maximum atomic E-state index is 12.0. The third-order valence-corrected chi connectivity index (χ3v) is 4.29. The summed E-state index contributed by atoms with van der Waals surface area (Å²) in [7, 11) is 1.65. The number of pyridine rings is 1. The number of carbonyl (C=O) groups excluding carboxylic acids is 1. The third-order valence-electron chi connectivity index (χ3n) is 4.29. The number of hydrogen-bond donors (Lipinski definition) is 1. The van der Waals surface area contributed by atoms with E-state index in [-0.39, 0.29) is 5.91 Å². The van der Waals surface area contributed by atoms with Crippen molar-refractivity contribution in [2.75, 3.05) is 32.5 Å². The first-order valence-corrected chi connectivity index (χ1v) is 8.39. The van der Waals surface area contributed by atoms with E-state index in [1.54, 1.807) is 25.4 Å². The van der Waals surface area contributed by atoms with Crippen LogP contribution in [0.3, 0.4) is 0 Å². The van der Waals surface area contributed by atoms with E-state index in [9.17, 15) is 4.79 Å². The molecule has 2 N–H and O–H groups in total. The van der Waals surface area contributed by atoms with Crippen LogP contribution in [0.1, 0.15) is 12.0 Å². The van der Waals surface area contributed by atoms with E-state index in [2.05, 4.69) is 4.98 Å². The van der Waals surface area contributed by atoms with Crippen molar-refractivity contribution in [2.45, 2.75) is 12.8 Å². The Labute approximate surface area is 147 Å². The van der Waals surface area contributed by atoms with Crippen LogP contribution in [0.4, 0.5) is 5.69 Å². The Kier molecular flexibility index (Phi) is 5.50. The molecule has 0 radical (unpaired) electrons. The quantitative estimate of drug-likeness (QED) is 0.837. The summed E-state index contributed by atoms with van der Waals surface area (Å²) in [6.45, 7) is 2.06. The van der Waals surface area contributed by atoms with Crippen LogP contribution < -0.4 is 10.5 Å². The van der Waals surface area contributed by atoms with Crippen molar-refractivity contribution in [1.29, 1.82) is 0 Å². The zero-order chi connectivity index (χ0) is 17.6. The van der Waals surface area contributed by atoms with Crippen molar-refractivity contribution >= 4 is 11.6 Å². The molecule has 0 unspecified atom stereocenters. The standard InChI is InChI=1S/C19H23N3O3/c1-24-9-8-22-13-15(11-19(22)23)10-14-2-5-17(6-3-14)25-18-7-4-16(20)12-21-18/h2-7,12,15H,8-11,13,20H2,1H3/t15-/m1/s1. The molecule has 0 aliphatic carbocycles. The zero-order valence-electron chi connectivity index (χ0n) is 14.4. The minimum atomic E-state index is 0.219. The van der Waals surface area contributed by atoms with Crippen molar-refractivity contribution in [3.63, 3.8) is 0 Å². The summed E-state index contributed by atoms with van der Waals surface area (Å²) in [6.07, 6.45) is 3.06. The van der Waals surface area contributed by atoms with Gasteiger partial charge in [-0.25, -0.2) is 4.98 Å². The number of nitrogens with two attached hydrogens (primary N) is 1. The monoisotopic (exact) mass is 341 g/mol. The predicted octanol–water partition coefficient (Wildman–Crippen LogP) is 2.49. The molecule has 1 saturated heterocycles. The highest BCUT2D eigenvalue weighted by atomic mass is 16.5. The van der Waals surface area contributed by atoms with Crippen LogP contribution in [0.5, 0.6) is 11.6 Å². The van der Waals surface area contributed by atoms with Gasteiger partial charge in [-0.15, -0.1) is 0 Å². The summed E-state index contributed by atoms with van der Waals surface area (Å²) in [5, 5.41) is 0. The maximum Gasteiger partial charge on any atom is 0.223 e. The highest BCUT2D eigenvalue weighted by molar-refractivity contribution is 5.78. The van der Waals surface area contributed by atoms with Crippen LogP contribution in [0, 0.1) is 5.92 Å². The lowest BCUT2D eigenvalue weighted by molar-refractivity contribution is -0.128. The van der Waals surface area contributed by atoms with Gasteiger partial charge in [-0.05, 0) is 36.1 Å². The molecule has 132 valence electrons. The normalized spacial score (nSPS) is 17.1. The average Bonchev–Trinajstić information content (AvgIpc) is 2.96. The fourth-order valence-corrected chi connectivity index (χ4v) is 3.01. The Balaban J connectivity index is 1.54. The number of rotatable bonds is 7. The van der Waals surface area contributed by atoms with Gasteiger partial charge in [0.2, 0.25) is 11.8 Å². The van der Waals surface area contributed by atoms with Gasteiger partial charge in [-0.3, -0.25) is 4.79 Å². The molecule has 1 aromatic carbocycles. The van der Waals surface area contributed by atoms with E-state index >= 15 is 0 Å². The summed E-state index contributed by atoms with van der Waals surface area (Å²) in [5.41, 5.74) is 7.41. The highest BCUT2D eigenvalue weighted by Gasteiger charge is 2.29. The molecule has 3 rings (SSSR count). The summed E-state index contributed by atoms with van der Waals surface area (Å²) in [5.74, 6) is 1.81. The Bertz CT molecular complexity index is 701. The summed E-state index contributed by atoms with van der Waals surface area (Å²) >= 11 is 0. The van der Waals surface area contributed by atoms with Gasteiger partial charge < -0.3 is 20.1 Å². The van der Waals surface area contributed by atoms with E-state index in [0.717, 1.165) is 18.7 Å². The van der Waals surface area contributed by atoms with Crippen LogP contribution in [0.25, 0.3) is 0 Å². The number of benzene rings is 1. The smallest absolute Gasteiger partial charge is 0.223 e. The summed E-state index contributed by atoms with van der Waals surface area (Å²) in [6, 6.07) is 11.4. The van der Waals surface area contributed by atoms with Crippen molar-refractivity contribution < 1.29 is 14.3 Å². The van der Waals surface area contributed by atoms with Gasteiger partial charge in [0, 0.05) is 32.7 Å². The molecule has 2 heterocycles. The molecule has 1 fully saturated rings. The molecule has 1 aromatic heterocycles. The highest BCUT2D eigenvalue weighted by Crippen LogP contribution is 2.24. The first-order valence-electron chi connectivity index (χ1n) is 8.39. The van der Waals surface area contributed by atoms with Crippen molar-refractivity contribution in [1.82, 2.24) is 9.88 Å². The SMILES string of the molecule is COCCN1C[C@H](Cc2ccc(Oc3ccc(N)cn3)cc2)CC1=O. The van der Waals surface area contributed by atoms with Gasteiger partial charge in [0.05, 0.1) is 18.5 Å². The molecule has 1 amide bonds. The number of ether oxygens (including phenoxy) is 2. The molecule has 0 saturated carbocycles. The number of anilines is 1. The van der Waals surface area contributed by atoms with Crippen molar-refractivity contribution in [3.05, 3.63) is 48.2 Å². The molecular weight excluding hydrogens is 318 g/mol. The van der Waals surface area contributed by atoms with E-state index in [1.165, 1.54) is 5.56 Å². The van der Waals surface area contributed by atoms with E-state index in [4.69, 9.17) is 15.2 Å². The second-order valence-corrected chi connectivity index (χ2v) is 6.28. The zero-order valence-corrected chi connectivity index (χ0v) is 14.4. The number of amides is 1. The summed E-state index contributed by atoms with van der Waals surface area (Å²) in [4.78, 5) is 18.0. The van der Waals surface area contributed by atoms with Crippen LogP contribution >= 0.6 is 0 Å². The number of methoxy groups -OCH3 is 1. The second-order valence-electron chi connectivity index (χ2n) is 6.28. The first kappa shape index (κ1) is 17.2. The maximum absolute atomic E-state index is 12.0. The average molecular weight is 341 g/mol. The lowest BCUT2D eigenvalue weighted by Gasteiger charge is -2.16. The number of nitrogen functional groups attached to an aromatic ring is 1. The first-order chi connectivity index (χ1) is 12.1. The largest absolute Gasteiger partial charge is 0.439 e.